The van der Waals surface area contributed by atoms with Gasteiger partial charge in [-0.05, 0) is 17.3 Å². The van der Waals surface area contributed by atoms with E-state index in [2.05, 4.69) is 111 Å². The van der Waals surface area contributed by atoms with E-state index in [9.17, 15) is 0 Å². The number of hydrogen-bond donors (Lipinski definition) is 0. The molecule has 3 aliphatic rings. The van der Waals surface area contributed by atoms with E-state index in [1.807, 2.05) is 0 Å². The zero-order valence-corrected chi connectivity index (χ0v) is 39.0. The topological polar surface area (TPSA) is 0 Å². The summed E-state index contributed by atoms with van der Waals surface area (Å²) in [5, 5.41) is 0. The summed E-state index contributed by atoms with van der Waals surface area (Å²) >= 11 is 0. The van der Waals surface area contributed by atoms with Gasteiger partial charge in [-0.1, -0.05) is 145 Å². The Bertz CT molecular complexity index is 465. The van der Waals surface area contributed by atoms with Crippen LogP contribution in [0.5, 0.6) is 0 Å². The van der Waals surface area contributed by atoms with Crippen LogP contribution in [0.4, 0.5) is 0 Å². The maximum atomic E-state index is 4.12. The van der Waals surface area contributed by atoms with Gasteiger partial charge in [0.2, 0.25) is 0 Å². The Morgan fingerprint density at radius 2 is 0.780 bits per heavy atom. The van der Waals surface area contributed by atoms with Crippen molar-refractivity contribution in [1.29, 1.82) is 0 Å². The van der Waals surface area contributed by atoms with Crippen LogP contribution in [-0.4, -0.2) is 0 Å². The van der Waals surface area contributed by atoms with Gasteiger partial charge in [-0.2, -0.15) is 30.1 Å². The van der Waals surface area contributed by atoms with Gasteiger partial charge in [0.1, 0.15) is 0 Å². The first-order chi connectivity index (χ1) is 17.3. The fourth-order valence-corrected chi connectivity index (χ4v) is 4.43. The van der Waals surface area contributed by atoms with Crippen molar-refractivity contribution in [2.45, 2.75) is 172 Å². The van der Waals surface area contributed by atoms with E-state index >= 15 is 0 Å². The SMILES string of the molecule is CC(C)(C)C.CC(C)C.CC(C)C.[CH2-]CC1(C[CH2-])CCCC1.[CH2-]CC1([CH2-])CCCC1.[CH2-]CCC1([CH2-])CCC1.[Y].[Y].[Y]. The van der Waals surface area contributed by atoms with Gasteiger partial charge in [-0.25, -0.2) is 6.42 Å². The van der Waals surface area contributed by atoms with Crippen LogP contribution >= 0.6 is 0 Å². The molecule has 41 heavy (non-hydrogen) atoms. The molecular weight excluding hydrogens is 723 g/mol. The van der Waals surface area contributed by atoms with Gasteiger partial charge < -0.3 is 41.5 Å². The molecule has 243 valence electrons. The largest absolute Gasteiger partial charge is 0.345 e. The van der Waals surface area contributed by atoms with Gasteiger partial charge in [0.25, 0.3) is 0 Å². The minimum absolute atomic E-state index is 0. The molecule has 0 nitrogen and oxygen atoms in total. The molecule has 0 aliphatic heterocycles. The van der Waals surface area contributed by atoms with Crippen LogP contribution in [0.3, 0.4) is 0 Å². The predicted octanol–water partition coefficient (Wildman–Crippen LogP) is 13.6. The molecule has 0 aromatic rings. The molecule has 0 unspecified atom stereocenters. The fraction of sp³-hybridized carbons (Fsp3) is 0.842. The summed E-state index contributed by atoms with van der Waals surface area (Å²) in [5.41, 5.74) is 1.89. The Morgan fingerprint density at radius 1 is 0.512 bits per heavy atom. The van der Waals surface area contributed by atoms with Crippen LogP contribution in [0.1, 0.15) is 172 Å². The van der Waals surface area contributed by atoms with Crippen LogP contribution in [0.2, 0.25) is 0 Å². The third-order valence-corrected chi connectivity index (χ3v) is 7.04. The van der Waals surface area contributed by atoms with Crippen molar-refractivity contribution < 1.29 is 98.1 Å². The van der Waals surface area contributed by atoms with Crippen molar-refractivity contribution in [3.05, 3.63) is 41.5 Å². The van der Waals surface area contributed by atoms with Crippen LogP contribution < -0.4 is 0 Å². The molecule has 0 heterocycles. The second-order valence-corrected chi connectivity index (χ2v) is 15.6. The normalized spacial score (nSPS) is 18.6. The quantitative estimate of drug-likeness (QED) is 0.243. The van der Waals surface area contributed by atoms with Crippen molar-refractivity contribution in [3.63, 3.8) is 0 Å². The molecule has 0 aromatic carbocycles. The van der Waals surface area contributed by atoms with Crippen LogP contribution in [0.15, 0.2) is 0 Å². The van der Waals surface area contributed by atoms with Gasteiger partial charge in [0.05, 0.1) is 0 Å². The summed E-state index contributed by atoms with van der Waals surface area (Å²) in [5.74, 6) is 1.67. The van der Waals surface area contributed by atoms with Gasteiger partial charge >= 0.3 is 0 Å². The van der Waals surface area contributed by atoms with Crippen molar-refractivity contribution in [1.82, 2.24) is 0 Å². The van der Waals surface area contributed by atoms with Crippen LogP contribution in [-0.2, 0) is 98.1 Å². The standard InChI is InChI=1S/C9H16.2C8H14.C5H12.2C4H10.3Y/c1-3-9(4-2)7-5-6-8-9;1-3-8(2)6-4-5-7-8;1-3-5-8(2)6-4-7-8;1-5(2,3)4;2*1-4(2)3;;;/h1-8H2;2*1-7H2;1-4H3;2*4H,1-3H3;;;/q3*-2;;;;;;. The van der Waals surface area contributed by atoms with Gasteiger partial charge in [-0.3, -0.25) is 0 Å². The molecule has 3 heteroatoms. The molecule has 3 saturated carbocycles. The molecule has 3 rings (SSSR count). The maximum Gasteiger partial charge on any atom is 0 e. The van der Waals surface area contributed by atoms with Crippen LogP contribution in [0.25, 0.3) is 0 Å². The van der Waals surface area contributed by atoms with E-state index in [1.54, 1.807) is 0 Å². The zero-order valence-electron chi connectivity index (χ0n) is 30.4. The number of rotatable bonds is 5. The van der Waals surface area contributed by atoms with Crippen molar-refractivity contribution >= 4 is 0 Å². The Kier molecular flexibility index (Phi) is 44.0. The predicted molar refractivity (Wildman–Crippen MR) is 179 cm³/mol. The summed E-state index contributed by atoms with van der Waals surface area (Å²) in [6.07, 6.45) is 20.5. The Morgan fingerprint density at radius 3 is 0.902 bits per heavy atom. The minimum atomic E-state index is 0. The molecule has 0 amide bonds. The summed E-state index contributed by atoms with van der Waals surface area (Å²) in [7, 11) is 0. The molecule has 3 aliphatic carbocycles. The summed E-state index contributed by atoms with van der Waals surface area (Å²) in [6, 6.07) is 0. The molecule has 0 aromatic heterocycles. The van der Waals surface area contributed by atoms with Crippen LogP contribution in [0, 0.1) is 75.0 Å². The monoisotopic (exact) mass is 799 g/mol. The maximum absolute atomic E-state index is 4.12. The van der Waals surface area contributed by atoms with Crippen molar-refractivity contribution in [2.75, 3.05) is 0 Å². The summed E-state index contributed by atoms with van der Waals surface area (Å²) < 4.78 is 0. The Labute approximate surface area is 340 Å². The molecule has 0 spiro atoms. The number of hydrogen-bond acceptors (Lipinski definition) is 0. The average molecular weight is 800 g/mol. The molecule has 0 N–H and O–H groups in total. The molecule has 3 radical (unpaired) electrons. The van der Waals surface area contributed by atoms with E-state index in [0.29, 0.717) is 21.7 Å². The fourth-order valence-electron chi connectivity index (χ4n) is 4.43. The molecule has 0 saturated heterocycles. The van der Waals surface area contributed by atoms with E-state index in [0.717, 1.165) is 37.5 Å². The van der Waals surface area contributed by atoms with E-state index in [-0.39, 0.29) is 98.1 Å². The van der Waals surface area contributed by atoms with Gasteiger partial charge in [0, 0.05) is 98.1 Å². The summed E-state index contributed by atoms with van der Waals surface area (Å²) in [6.45, 7) is 45.6. The minimum Gasteiger partial charge on any atom is -0.345 e. The van der Waals surface area contributed by atoms with Crippen molar-refractivity contribution in [3.8, 4) is 0 Å². The molecule has 0 bridgehead atoms. The molecular formula is C38H76Y3-6. The van der Waals surface area contributed by atoms with E-state index in [4.69, 9.17) is 0 Å². The first kappa shape index (κ1) is 56.6. The van der Waals surface area contributed by atoms with E-state index < -0.39 is 0 Å². The third-order valence-electron chi connectivity index (χ3n) is 7.04. The molecule has 3 fully saturated rings. The Hall–Kier alpha value is 3.31. The van der Waals surface area contributed by atoms with Crippen molar-refractivity contribution in [2.24, 2.45) is 33.5 Å². The zero-order chi connectivity index (χ0) is 30.5. The second kappa shape index (κ2) is 31.9. The average Bonchev–Trinajstić information content (AvgIpc) is 3.42. The third kappa shape index (κ3) is 41.3. The van der Waals surface area contributed by atoms with E-state index in [1.165, 1.54) is 77.0 Å². The first-order valence-corrected chi connectivity index (χ1v) is 16.2. The smallest absolute Gasteiger partial charge is 0 e. The molecule has 0 atom stereocenters. The Balaban J connectivity index is -0.0000000909. The first-order valence-electron chi connectivity index (χ1n) is 16.2. The second-order valence-electron chi connectivity index (χ2n) is 15.6. The summed E-state index contributed by atoms with van der Waals surface area (Å²) in [4.78, 5) is 0. The van der Waals surface area contributed by atoms with Gasteiger partial charge in [-0.15, -0.1) is 6.42 Å². The van der Waals surface area contributed by atoms with Gasteiger partial charge in [0.15, 0.2) is 0 Å².